The van der Waals surface area contributed by atoms with Crippen molar-refractivity contribution in [3.8, 4) is 5.69 Å². The summed E-state index contributed by atoms with van der Waals surface area (Å²) in [7, 11) is -2.15. The number of hydrogen-bond donors (Lipinski definition) is 0. The lowest BCUT2D eigenvalue weighted by Gasteiger charge is -2.48. The SMILES string of the molecule is Cc1cc2c(cnn2-c2ccc(F)cc2)cc1C1CN(S(=O)(=O)c2cnn(C)n2)CCN1CC1CC(C)(C)C1. The van der Waals surface area contributed by atoms with E-state index < -0.39 is 10.0 Å². The summed E-state index contributed by atoms with van der Waals surface area (Å²) in [6.45, 7) is 9.03. The molecule has 206 valence electrons. The van der Waals surface area contributed by atoms with Crippen molar-refractivity contribution in [1.29, 1.82) is 0 Å². The molecule has 1 atom stereocenters. The zero-order valence-corrected chi connectivity index (χ0v) is 23.6. The van der Waals surface area contributed by atoms with Crippen molar-refractivity contribution in [3.63, 3.8) is 0 Å². The third kappa shape index (κ3) is 4.87. The van der Waals surface area contributed by atoms with Gasteiger partial charge < -0.3 is 0 Å². The number of benzene rings is 2. The zero-order valence-electron chi connectivity index (χ0n) is 22.7. The molecular weight excluding hydrogens is 517 g/mol. The Morgan fingerprint density at radius 1 is 1.05 bits per heavy atom. The first-order chi connectivity index (χ1) is 18.5. The van der Waals surface area contributed by atoms with Crippen molar-refractivity contribution in [3.05, 3.63) is 65.7 Å². The van der Waals surface area contributed by atoms with Crippen LogP contribution in [0.1, 0.15) is 43.9 Å². The normalized spacial score (nSPS) is 20.9. The third-order valence-electron chi connectivity index (χ3n) is 8.20. The van der Waals surface area contributed by atoms with Gasteiger partial charge in [-0.2, -0.15) is 19.3 Å². The Morgan fingerprint density at radius 3 is 2.46 bits per heavy atom. The minimum Gasteiger partial charge on any atom is -0.293 e. The molecule has 2 aromatic heterocycles. The van der Waals surface area contributed by atoms with Crippen LogP contribution in [0.5, 0.6) is 0 Å². The third-order valence-corrected chi connectivity index (χ3v) is 9.93. The van der Waals surface area contributed by atoms with E-state index in [0.717, 1.165) is 34.3 Å². The van der Waals surface area contributed by atoms with Gasteiger partial charge >= 0.3 is 0 Å². The van der Waals surface area contributed by atoms with E-state index in [1.54, 1.807) is 23.5 Å². The lowest BCUT2D eigenvalue weighted by atomic mass is 9.64. The van der Waals surface area contributed by atoms with Crippen molar-refractivity contribution in [2.75, 3.05) is 26.2 Å². The van der Waals surface area contributed by atoms with Gasteiger partial charge in [0, 0.05) is 44.7 Å². The van der Waals surface area contributed by atoms with Crippen molar-refractivity contribution < 1.29 is 12.8 Å². The fourth-order valence-corrected chi connectivity index (χ4v) is 7.74. The minimum atomic E-state index is -3.77. The van der Waals surface area contributed by atoms with E-state index in [1.807, 2.05) is 10.9 Å². The molecule has 1 saturated heterocycles. The number of fused-ring (bicyclic) bond motifs is 1. The predicted molar refractivity (Wildman–Crippen MR) is 146 cm³/mol. The number of aromatic nitrogens is 5. The number of rotatable bonds is 6. The number of piperazine rings is 1. The lowest BCUT2D eigenvalue weighted by Crippen LogP contribution is -2.53. The molecule has 1 unspecified atom stereocenters. The maximum Gasteiger partial charge on any atom is 0.264 e. The molecule has 11 heteroatoms. The topological polar surface area (TPSA) is 89.2 Å². The van der Waals surface area contributed by atoms with Gasteiger partial charge in [0.15, 0.2) is 0 Å². The summed E-state index contributed by atoms with van der Waals surface area (Å²) in [5, 5.41) is 13.6. The largest absolute Gasteiger partial charge is 0.293 e. The number of nitrogens with zero attached hydrogens (tertiary/aromatic N) is 7. The van der Waals surface area contributed by atoms with E-state index in [2.05, 4.69) is 53.1 Å². The van der Waals surface area contributed by atoms with Gasteiger partial charge in [-0.05, 0) is 78.6 Å². The molecule has 39 heavy (non-hydrogen) atoms. The molecule has 9 nitrogen and oxygen atoms in total. The molecule has 2 aliphatic rings. The van der Waals surface area contributed by atoms with Crippen LogP contribution in [0.25, 0.3) is 16.6 Å². The van der Waals surface area contributed by atoms with Gasteiger partial charge in [-0.25, -0.2) is 17.5 Å². The highest BCUT2D eigenvalue weighted by Gasteiger charge is 2.41. The van der Waals surface area contributed by atoms with Crippen molar-refractivity contribution in [2.45, 2.75) is 44.7 Å². The van der Waals surface area contributed by atoms with Gasteiger partial charge in [-0.1, -0.05) is 13.8 Å². The fourth-order valence-electron chi connectivity index (χ4n) is 6.41. The minimum absolute atomic E-state index is 0.0225. The second-order valence-corrected chi connectivity index (χ2v) is 13.7. The quantitative estimate of drug-likeness (QED) is 0.359. The molecule has 4 aromatic rings. The molecule has 6 rings (SSSR count). The summed E-state index contributed by atoms with van der Waals surface area (Å²) in [6.07, 6.45) is 5.49. The Hall–Kier alpha value is -3.15. The molecule has 0 bridgehead atoms. The molecule has 1 aliphatic heterocycles. The molecule has 3 heterocycles. The smallest absolute Gasteiger partial charge is 0.264 e. The molecule has 2 fully saturated rings. The summed E-state index contributed by atoms with van der Waals surface area (Å²) in [5.41, 5.74) is 4.25. The van der Waals surface area contributed by atoms with Gasteiger partial charge in [0.2, 0.25) is 5.03 Å². The first kappa shape index (κ1) is 26.1. The summed E-state index contributed by atoms with van der Waals surface area (Å²) in [6, 6.07) is 10.4. The lowest BCUT2D eigenvalue weighted by molar-refractivity contribution is 0.0267. The summed E-state index contributed by atoms with van der Waals surface area (Å²) >= 11 is 0. The molecule has 0 spiro atoms. The first-order valence-corrected chi connectivity index (χ1v) is 14.8. The Labute approximate surface area is 228 Å². The van der Waals surface area contributed by atoms with Crippen LogP contribution < -0.4 is 0 Å². The molecule has 0 amide bonds. The van der Waals surface area contributed by atoms with E-state index in [1.165, 1.54) is 36.0 Å². The summed E-state index contributed by atoms with van der Waals surface area (Å²) in [4.78, 5) is 3.73. The van der Waals surface area contributed by atoms with Crippen LogP contribution in [0.15, 0.2) is 53.8 Å². The molecule has 0 N–H and O–H groups in total. The predicted octanol–water partition coefficient (Wildman–Crippen LogP) is 4.09. The molecular formula is C28H34FN7O2S. The zero-order chi connectivity index (χ0) is 27.5. The maximum atomic E-state index is 13.5. The van der Waals surface area contributed by atoms with Crippen LogP contribution in [0.4, 0.5) is 4.39 Å². The molecule has 0 radical (unpaired) electrons. The Balaban J connectivity index is 1.35. The Morgan fingerprint density at radius 2 is 1.79 bits per heavy atom. The van der Waals surface area contributed by atoms with E-state index in [9.17, 15) is 12.8 Å². The van der Waals surface area contributed by atoms with Gasteiger partial charge in [0.05, 0.1) is 23.6 Å². The second-order valence-electron chi connectivity index (χ2n) is 11.8. The molecule has 2 aromatic carbocycles. The first-order valence-electron chi connectivity index (χ1n) is 13.3. The number of sulfonamides is 1. The standard InChI is InChI=1S/C28H34FN7O2S/c1-19-11-25-21(15-31-36(25)23-7-5-22(29)6-8-23)12-24(19)26-18-35(39(37,38)27-16-30-33(4)32-27)10-9-34(26)17-20-13-28(2,3)14-20/h5-8,11-12,15-16,20,26H,9-10,13-14,17-18H2,1-4H3. The van der Waals surface area contributed by atoms with Gasteiger partial charge in [-0.15, -0.1) is 5.10 Å². The van der Waals surface area contributed by atoms with E-state index in [0.29, 0.717) is 31.0 Å². The van der Waals surface area contributed by atoms with Gasteiger partial charge in [-0.3, -0.25) is 4.90 Å². The van der Waals surface area contributed by atoms with Crippen LogP contribution in [-0.4, -0.2) is 68.6 Å². The van der Waals surface area contributed by atoms with Gasteiger partial charge in [0.1, 0.15) is 5.82 Å². The van der Waals surface area contributed by atoms with Crippen LogP contribution >= 0.6 is 0 Å². The Kier molecular flexibility index (Phi) is 6.35. The van der Waals surface area contributed by atoms with Crippen molar-refractivity contribution >= 4 is 20.9 Å². The van der Waals surface area contributed by atoms with Crippen LogP contribution in [0, 0.1) is 24.1 Å². The molecule has 1 aliphatic carbocycles. The van der Waals surface area contributed by atoms with E-state index in [-0.39, 0.29) is 16.9 Å². The highest BCUT2D eigenvalue weighted by Crippen LogP contribution is 2.46. The monoisotopic (exact) mass is 551 g/mol. The summed E-state index contributed by atoms with van der Waals surface area (Å²) in [5.74, 6) is 0.317. The highest BCUT2D eigenvalue weighted by molar-refractivity contribution is 7.89. The number of hydrogen-bond acceptors (Lipinski definition) is 6. The van der Waals surface area contributed by atoms with Crippen LogP contribution in [-0.2, 0) is 17.1 Å². The average Bonchev–Trinajstić information content (AvgIpc) is 3.49. The maximum absolute atomic E-state index is 13.5. The average molecular weight is 552 g/mol. The second kappa shape index (κ2) is 9.50. The van der Waals surface area contributed by atoms with E-state index >= 15 is 0 Å². The Bertz CT molecular complexity index is 1620. The van der Waals surface area contributed by atoms with Crippen molar-refractivity contribution in [1.82, 2.24) is 34.0 Å². The highest BCUT2D eigenvalue weighted by atomic mass is 32.2. The van der Waals surface area contributed by atoms with E-state index in [4.69, 9.17) is 0 Å². The summed E-state index contributed by atoms with van der Waals surface area (Å²) < 4.78 is 43.8. The van der Waals surface area contributed by atoms with Crippen molar-refractivity contribution in [2.24, 2.45) is 18.4 Å². The van der Waals surface area contributed by atoms with Gasteiger partial charge in [0.25, 0.3) is 10.0 Å². The van der Waals surface area contributed by atoms with Crippen LogP contribution in [0.2, 0.25) is 0 Å². The fraction of sp³-hybridized carbons (Fsp3) is 0.464. The van der Waals surface area contributed by atoms with Crippen LogP contribution in [0.3, 0.4) is 0 Å². The number of halogens is 1. The molecule has 1 saturated carbocycles. The number of aryl methyl sites for hydroxylation is 2.